The van der Waals surface area contributed by atoms with Crippen molar-refractivity contribution in [2.24, 2.45) is 5.92 Å². The Kier molecular flexibility index (Phi) is 7.10. The van der Waals surface area contributed by atoms with Gasteiger partial charge in [-0.3, -0.25) is 9.69 Å². The third-order valence-electron chi connectivity index (χ3n) is 7.96. The fraction of sp³-hybridized carbons (Fsp3) is 0.667. The highest BCUT2D eigenvalue weighted by atomic mass is 19.1. The number of hydrogen-bond acceptors (Lipinski definition) is 6. The molecule has 2 saturated heterocycles. The summed E-state index contributed by atoms with van der Waals surface area (Å²) in [5, 5.41) is 12.5. The molecule has 3 aliphatic rings. The van der Waals surface area contributed by atoms with E-state index in [1.807, 2.05) is 27.7 Å². The molecule has 37 heavy (non-hydrogen) atoms. The molecule has 200 valence electrons. The fourth-order valence-corrected chi connectivity index (χ4v) is 5.36. The number of fused-ring (bicyclic) bond motifs is 2. The Balaban J connectivity index is 1.43. The van der Waals surface area contributed by atoms with Crippen molar-refractivity contribution in [1.29, 1.82) is 5.26 Å². The first-order valence-electron chi connectivity index (χ1n) is 13.0. The van der Waals surface area contributed by atoms with Gasteiger partial charge in [-0.05, 0) is 90.7 Å². The Hall–Kier alpha value is -2.64. The van der Waals surface area contributed by atoms with E-state index in [4.69, 9.17) is 14.0 Å². The number of likely N-dealkylation sites (tertiary alicyclic amines) is 1. The van der Waals surface area contributed by atoms with Gasteiger partial charge >= 0.3 is 13.2 Å². The summed E-state index contributed by atoms with van der Waals surface area (Å²) < 4.78 is 32.6. The molecule has 1 N–H and O–H groups in total. The average molecular weight is 513 g/mol. The van der Waals surface area contributed by atoms with E-state index in [0.29, 0.717) is 11.0 Å². The van der Waals surface area contributed by atoms with Crippen LogP contribution < -0.4 is 10.8 Å². The van der Waals surface area contributed by atoms with Crippen LogP contribution in [-0.4, -0.2) is 58.9 Å². The number of carbonyl (C=O) groups is 2. The second-order valence-electron chi connectivity index (χ2n) is 12.4. The highest BCUT2D eigenvalue weighted by molar-refractivity contribution is 6.62. The van der Waals surface area contributed by atoms with Gasteiger partial charge in [-0.25, -0.2) is 9.18 Å². The maximum Gasteiger partial charge on any atom is 0.494 e. The first-order chi connectivity index (χ1) is 17.1. The van der Waals surface area contributed by atoms with Crippen molar-refractivity contribution < 1.29 is 28.0 Å². The summed E-state index contributed by atoms with van der Waals surface area (Å²) in [5.74, 6) is -0.885. The van der Waals surface area contributed by atoms with Crippen molar-refractivity contribution in [3.63, 3.8) is 0 Å². The maximum atomic E-state index is 15.1. The van der Waals surface area contributed by atoms with Crippen LogP contribution in [0.5, 0.6) is 0 Å². The summed E-state index contributed by atoms with van der Waals surface area (Å²) in [7, 11) is -0.698. The number of hydrogen-bond donors (Lipinski definition) is 1. The summed E-state index contributed by atoms with van der Waals surface area (Å²) in [4.78, 5) is 27.7. The second-order valence-corrected chi connectivity index (χ2v) is 12.4. The van der Waals surface area contributed by atoms with Crippen LogP contribution in [0.15, 0.2) is 18.2 Å². The van der Waals surface area contributed by atoms with E-state index in [2.05, 4.69) is 11.4 Å². The molecule has 1 aromatic rings. The molecule has 2 heterocycles. The number of nitrogens with zero attached hydrogens (tertiary/aromatic N) is 2. The molecular weight excluding hydrogens is 476 g/mol. The minimum Gasteiger partial charge on any atom is -0.444 e. The number of piperidine rings is 1. The summed E-state index contributed by atoms with van der Waals surface area (Å²) in [5.41, 5.74) is -0.929. The predicted octanol–water partition coefficient (Wildman–Crippen LogP) is 3.46. The van der Waals surface area contributed by atoms with Gasteiger partial charge in [-0.1, -0.05) is 12.1 Å². The maximum absolute atomic E-state index is 15.1. The number of benzene rings is 1. The molecule has 1 aliphatic carbocycles. The first kappa shape index (κ1) is 27.4. The fourth-order valence-electron chi connectivity index (χ4n) is 5.36. The minimum atomic E-state index is -0.954. The van der Waals surface area contributed by atoms with Gasteiger partial charge in [0.25, 0.3) is 0 Å². The SMILES string of the molecule is CC(C)(C)OC(=O)N1[C@@H]2CC[C@@H](C2)[C@H]1C(=O)NC(C#N)Cc1ccc(B2OC(C)(C)C(C)(C)O2)cc1F. The molecule has 2 amide bonds. The van der Waals surface area contributed by atoms with Crippen LogP contribution in [0.3, 0.4) is 0 Å². The van der Waals surface area contributed by atoms with Crippen molar-refractivity contribution >= 4 is 24.6 Å². The molecule has 1 aromatic carbocycles. The lowest BCUT2D eigenvalue weighted by molar-refractivity contribution is -0.128. The van der Waals surface area contributed by atoms with Crippen LogP contribution in [0.1, 0.15) is 73.3 Å². The summed E-state index contributed by atoms with van der Waals surface area (Å²) in [6.07, 6.45) is 1.89. The summed E-state index contributed by atoms with van der Waals surface area (Å²) >= 11 is 0. The van der Waals surface area contributed by atoms with Gasteiger partial charge in [0.1, 0.15) is 23.5 Å². The van der Waals surface area contributed by atoms with Crippen LogP contribution in [0.2, 0.25) is 0 Å². The number of nitriles is 1. The highest BCUT2D eigenvalue weighted by Gasteiger charge is 2.53. The van der Waals surface area contributed by atoms with Crippen molar-refractivity contribution in [2.45, 2.75) is 109 Å². The minimum absolute atomic E-state index is 0.00896. The standard InChI is InChI=1S/C27H37BFN3O5/c1-25(2,3)35-24(34)32-20-11-9-17(13-20)22(32)23(33)31-19(15-30)12-16-8-10-18(14-21(16)29)28-36-26(4,5)27(6,7)37-28/h8,10,14,17,19-20,22H,9,11-13H2,1-7H3,(H,31,33)/t17-,19?,20+,22-/m0/s1. The topological polar surface area (TPSA) is 101 Å². The quantitative estimate of drug-likeness (QED) is 0.606. The highest BCUT2D eigenvalue weighted by Crippen LogP contribution is 2.43. The molecule has 8 nitrogen and oxygen atoms in total. The number of amides is 2. The van der Waals surface area contributed by atoms with E-state index in [0.717, 1.165) is 19.3 Å². The largest absolute Gasteiger partial charge is 0.494 e. The van der Waals surface area contributed by atoms with Gasteiger partial charge in [0.15, 0.2) is 0 Å². The van der Waals surface area contributed by atoms with Gasteiger partial charge < -0.3 is 19.4 Å². The molecule has 2 aliphatic heterocycles. The van der Waals surface area contributed by atoms with Gasteiger partial charge in [0.05, 0.1) is 17.3 Å². The normalized spacial score (nSPS) is 26.6. The summed E-state index contributed by atoms with van der Waals surface area (Å²) in [6, 6.07) is 5.04. The Bertz CT molecular complexity index is 1100. The van der Waals surface area contributed by atoms with Gasteiger partial charge in [0.2, 0.25) is 5.91 Å². The Morgan fingerprint density at radius 2 is 1.89 bits per heavy atom. The van der Waals surface area contributed by atoms with E-state index < -0.39 is 53.8 Å². The molecule has 1 saturated carbocycles. The van der Waals surface area contributed by atoms with E-state index in [-0.39, 0.29) is 18.4 Å². The molecule has 10 heteroatoms. The van der Waals surface area contributed by atoms with Gasteiger partial charge in [0, 0.05) is 12.5 Å². The smallest absolute Gasteiger partial charge is 0.444 e. The Labute approximate surface area is 219 Å². The Morgan fingerprint density at radius 3 is 2.46 bits per heavy atom. The molecule has 0 spiro atoms. The average Bonchev–Trinajstić information content (AvgIpc) is 3.44. The number of nitrogens with one attached hydrogen (secondary N) is 1. The Morgan fingerprint density at radius 1 is 1.24 bits per heavy atom. The van der Waals surface area contributed by atoms with Crippen LogP contribution >= 0.6 is 0 Å². The van der Waals surface area contributed by atoms with Crippen molar-refractivity contribution in [3.05, 3.63) is 29.6 Å². The molecule has 3 fully saturated rings. The molecule has 0 radical (unpaired) electrons. The van der Waals surface area contributed by atoms with Crippen molar-refractivity contribution in [3.8, 4) is 6.07 Å². The zero-order valence-corrected chi connectivity index (χ0v) is 22.8. The number of halogens is 1. The number of rotatable bonds is 5. The molecule has 1 unspecified atom stereocenters. The van der Waals surface area contributed by atoms with Crippen molar-refractivity contribution in [2.75, 3.05) is 0 Å². The summed E-state index contributed by atoms with van der Waals surface area (Å²) in [6.45, 7) is 13.1. The lowest BCUT2D eigenvalue weighted by atomic mass is 9.78. The van der Waals surface area contributed by atoms with E-state index in [9.17, 15) is 14.9 Å². The zero-order valence-electron chi connectivity index (χ0n) is 22.8. The van der Waals surface area contributed by atoms with Crippen LogP contribution in [0.4, 0.5) is 9.18 Å². The lowest BCUT2D eigenvalue weighted by Crippen LogP contribution is -2.55. The third kappa shape index (κ3) is 5.48. The lowest BCUT2D eigenvalue weighted by Gasteiger charge is -2.35. The number of ether oxygens (including phenoxy) is 1. The van der Waals surface area contributed by atoms with Gasteiger partial charge in [-0.2, -0.15) is 5.26 Å². The molecule has 0 aromatic heterocycles. The van der Waals surface area contributed by atoms with E-state index in [1.54, 1.807) is 32.9 Å². The van der Waals surface area contributed by atoms with E-state index >= 15 is 4.39 Å². The molecule has 4 rings (SSSR count). The molecular formula is C27H37BFN3O5. The van der Waals surface area contributed by atoms with Gasteiger partial charge in [-0.15, -0.1) is 0 Å². The van der Waals surface area contributed by atoms with E-state index in [1.165, 1.54) is 11.0 Å². The van der Waals surface area contributed by atoms with Crippen molar-refractivity contribution in [1.82, 2.24) is 10.2 Å². The molecule has 4 atom stereocenters. The van der Waals surface area contributed by atoms with Crippen LogP contribution in [0, 0.1) is 23.1 Å². The van der Waals surface area contributed by atoms with Crippen LogP contribution in [0.25, 0.3) is 0 Å². The first-order valence-corrected chi connectivity index (χ1v) is 13.0. The second kappa shape index (κ2) is 9.59. The zero-order chi connectivity index (χ0) is 27.3. The van der Waals surface area contributed by atoms with Crippen LogP contribution in [-0.2, 0) is 25.3 Å². The third-order valence-corrected chi connectivity index (χ3v) is 7.96. The number of carbonyl (C=O) groups excluding carboxylic acids is 2. The monoisotopic (exact) mass is 513 g/mol. The predicted molar refractivity (Wildman–Crippen MR) is 136 cm³/mol. The molecule has 2 bridgehead atoms.